The molecule has 0 radical (unpaired) electrons. The lowest BCUT2D eigenvalue weighted by molar-refractivity contribution is 0.126. The molecule has 6 heteroatoms. The molecule has 1 heterocycles. The van der Waals surface area contributed by atoms with Crippen molar-refractivity contribution in [2.24, 2.45) is 0 Å². The van der Waals surface area contributed by atoms with Gasteiger partial charge in [-0.3, -0.25) is 0 Å². The van der Waals surface area contributed by atoms with Gasteiger partial charge in [-0.05, 0) is 0 Å². The molecule has 1 unspecified atom stereocenters. The number of aliphatic hydroxyl groups excluding tert-OH is 1. The van der Waals surface area contributed by atoms with E-state index in [9.17, 15) is 0 Å². The third kappa shape index (κ3) is 3.41. The van der Waals surface area contributed by atoms with Gasteiger partial charge in [0.05, 0.1) is 25.8 Å². The zero-order valence-electron chi connectivity index (χ0n) is 8.36. The van der Waals surface area contributed by atoms with Crippen LogP contribution >= 0.6 is 0 Å². The maximum absolute atomic E-state index is 8.93. The van der Waals surface area contributed by atoms with E-state index in [2.05, 4.69) is 15.5 Å². The fourth-order valence-corrected chi connectivity index (χ4v) is 1.02. The molecule has 14 heavy (non-hydrogen) atoms. The Hall–Kier alpha value is -0.980. The van der Waals surface area contributed by atoms with Crippen molar-refractivity contribution in [3.05, 3.63) is 11.8 Å². The third-order valence-electron chi connectivity index (χ3n) is 1.70. The highest BCUT2D eigenvalue weighted by Crippen LogP contribution is 1.97. The average molecular weight is 201 g/mol. The second kappa shape index (κ2) is 5.69. The van der Waals surface area contributed by atoms with E-state index in [-0.39, 0.29) is 12.6 Å². The van der Waals surface area contributed by atoms with Crippen molar-refractivity contribution in [2.45, 2.75) is 19.5 Å². The number of hydrogen-bond acceptors (Lipinski definition) is 6. The van der Waals surface area contributed by atoms with Crippen LogP contribution in [0.2, 0.25) is 0 Å². The molecule has 0 fully saturated rings. The second-order valence-electron chi connectivity index (χ2n) is 2.93. The predicted octanol–water partition coefficient (Wildman–Crippen LogP) is -0.525. The lowest BCUT2D eigenvalue weighted by Crippen LogP contribution is -2.35. The molecule has 0 spiro atoms. The molecular weight excluding hydrogens is 186 g/mol. The molecule has 1 atom stereocenters. The number of methoxy groups -OCH3 is 1. The number of nitrogens with one attached hydrogen (secondary N) is 1. The molecule has 0 bridgehead atoms. The highest BCUT2D eigenvalue weighted by atomic mass is 16.5. The maximum atomic E-state index is 8.93. The molecular formula is C8H15N3O3. The van der Waals surface area contributed by atoms with E-state index in [1.165, 1.54) is 0 Å². The minimum Gasteiger partial charge on any atom is -0.424 e. The summed E-state index contributed by atoms with van der Waals surface area (Å²) < 4.78 is 10.0. The fourth-order valence-electron chi connectivity index (χ4n) is 1.02. The Labute approximate surface area is 82.3 Å². The first-order valence-corrected chi connectivity index (χ1v) is 4.38. The minimum atomic E-state index is -0.104. The van der Waals surface area contributed by atoms with Crippen LogP contribution < -0.4 is 5.32 Å². The highest BCUT2D eigenvalue weighted by molar-refractivity contribution is 4.79. The largest absolute Gasteiger partial charge is 0.424 e. The van der Waals surface area contributed by atoms with Crippen LogP contribution in [0.15, 0.2) is 4.42 Å². The molecule has 0 saturated carbocycles. The average Bonchev–Trinajstić information content (AvgIpc) is 2.59. The van der Waals surface area contributed by atoms with Crippen molar-refractivity contribution in [1.82, 2.24) is 15.5 Å². The summed E-state index contributed by atoms with van der Waals surface area (Å²) >= 11 is 0. The van der Waals surface area contributed by atoms with Gasteiger partial charge in [0, 0.05) is 14.0 Å². The van der Waals surface area contributed by atoms with E-state index >= 15 is 0 Å². The Morgan fingerprint density at radius 3 is 2.86 bits per heavy atom. The normalized spacial score (nSPS) is 13.1. The smallest absolute Gasteiger partial charge is 0.230 e. The molecule has 6 nitrogen and oxygen atoms in total. The first kappa shape index (κ1) is 11.1. The van der Waals surface area contributed by atoms with Gasteiger partial charge in [-0.2, -0.15) is 0 Å². The van der Waals surface area contributed by atoms with Crippen molar-refractivity contribution in [1.29, 1.82) is 0 Å². The van der Waals surface area contributed by atoms with Crippen LogP contribution in [0.1, 0.15) is 11.8 Å². The lowest BCUT2D eigenvalue weighted by atomic mass is 10.3. The summed E-state index contributed by atoms with van der Waals surface area (Å²) in [5, 5.41) is 19.5. The van der Waals surface area contributed by atoms with E-state index in [0.29, 0.717) is 24.9 Å². The van der Waals surface area contributed by atoms with Gasteiger partial charge in [0.25, 0.3) is 0 Å². The first-order chi connectivity index (χ1) is 6.76. The van der Waals surface area contributed by atoms with Gasteiger partial charge < -0.3 is 19.6 Å². The topological polar surface area (TPSA) is 80.4 Å². The number of aromatic nitrogens is 2. The zero-order valence-corrected chi connectivity index (χ0v) is 8.36. The standard InChI is InChI=1S/C8H15N3O3/c1-6-10-11-8(14-6)3-9-7(4-12)5-13-2/h7,9,12H,3-5H2,1-2H3. The number of hydrogen-bond donors (Lipinski definition) is 2. The fraction of sp³-hybridized carbons (Fsp3) is 0.750. The number of nitrogens with zero attached hydrogens (tertiary/aromatic N) is 2. The molecule has 0 saturated heterocycles. The zero-order chi connectivity index (χ0) is 10.4. The molecule has 0 aliphatic heterocycles. The van der Waals surface area contributed by atoms with Crippen LogP contribution in [0.5, 0.6) is 0 Å². The molecule has 1 rings (SSSR count). The summed E-state index contributed by atoms with van der Waals surface area (Å²) in [5.74, 6) is 1.05. The monoisotopic (exact) mass is 201 g/mol. The van der Waals surface area contributed by atoms with Crippen molar-refractivity contribution in [3.8, 4) is 0 Å². The summed E-state index contributed by atoms with van der Waals surface area (Å²) in [6.45, 7) is 2.63. The maximum Gasteiger partial charge on any atom is 0.230 e. The van der Waals surface area contributed by atoms with Crippen molar-refractivity contribution >= 4 is 0 Å². The number of rotatable bonds is 6. The summed E-state index contributed by atoms with van der Waals surface area (Å²) in [6.07, 6.45) is 0. The summed E-state index contributed by atoms with van der Waals surface area (Å²) in [6, 6.07) is -0.104. The van der Waals surface area contributed by atoms with Crippen molar-refractivity contribution in [2.75, 3.05) is 20.3 Å². The van der Waals surface area contributed by atoms with Gasteiger partial charge in [-0.25, -0.2) is 0 Å². The van der Waals surface area contributed by atoms with Crippen LogP contribution in [0.4, 0.5) is 0 Å². The van der Waals surface area contributed by atoms with E-state index < -0.39 is 0 Å². The SMILES string of the molecule is COCC(CO)NCc1nnc(C)o1. The van der Waals surface area contributed by atoms with Crippen LogP contribution in [0.25, 0.3) is 0 Å². The van der Waals surface area contributed by atoms with Gasteiger partial charge in [0.1, 0.15) is 0 Å². The Kier molecular flexibility index (Phi) is 4.51. The Balaban J connectivity index is 2.31. The number of ether oxygens (including phenoxy) is 1. The lowest BCUT2D eigenvalue weighted by Gasteiger charge is -2.13. The summed E-state index contributed by atoms with van der Waals surface area (Å²) in [7, 11) is 1.58. The van der Waals surface area contributed by atoms with Gasteiger partial charge >= 0.3 is 0 Å². The Morgan fingerprint density at radius 1 is 1.57 bits per heavy atom. The summed E-state index contributed by atoms with van der Waals surface area (Å²) in [5.41, 5.74) is 0. The molecule has 80 valence electrons. The Morgan fingerprint density at radius 2 is 2.36 bits per heavy atom. The van der Waals surface area contributed by atoms with Gasteiger partial charge in [-0.1, -0.05) is 0 Å². The Bertz CT molecular complexity index is 264. The number of aliphatic hydroxyl groups is 1. The van der Waals surface area contributed by atoms with Crippen LogP contribution in [0.3, 0.4) is 0 Å². The van der Waals surface area contributed by atoms with Crippen LogP contribution in [-0.4, -0.2) is 41.7 Å². The predicted molar refractivity (Wildman–Crippen MR) is 48.6 cm³/mol. The van der Waals surface area contributed by atoms with Gasteiger partial charge in [0.2, 0.25) is 11.8 Å². The van der Waals surface area contributed by atoms with E-state index in [4.69, 9.17) is 14.3 Å². The first-order valence-electron chi connectivity index (χ1n) is 4.38. The van der Waals surface area contributed by atoms with E-state index in [0.717, 1.165) is 0 Å². The van der Waals surface area contributed by atoms with Gasteiger partial charge in [0.15, 0.2) is 0 Å². The van der Waals surface area contributed by atoms with Crippen molar-refractivity contribution in [3.63, 3.8) is 0 Å². The molecule has 0 aromatic carbocycles. The summed E-state index contributed by atoms with van der Waals surface area (Å²) in [4.78, 5) is 0. The van der Waals surface area contributed by atoms with Gasteiger partial charge in [-0.15, -0.1) is 10.2 Å². The second-order valence-corrected chi connectivity index (χ2v) is 2.93. The molecule has 0 aliphatic rings. The minimum absolute atomic E-state index is 0.0148. The molecule has 1 aromatic rings. The third-order valence-corrected chi connectivity index (χ3v) is 1.70. The molecule has 2 N–H and O–H groups in total. The van der Waals surface area contributed by atoms with E-state index in [1.54, 1.807) is 14.0 Å². The number of aryl methyl sites for hydroxylation is 1. The van der Waals surface area contributed by atoms with Crippen molar-refractivity contribution < 1.29 is 14.3 Å². The van der Waals surface area contributed by atoms with E-state index in [1.807, 2.05) is 0 Å². The molecule has 0 amide bonds. The quantitative estimate of drug-likeness (QED) is 0.644. The van der Waals surface area contributed by atoms with Crippen LogP contribution in [-0.2, 0) is 11.3 Å². The van der Waals surface area contributed by atoms with Crippen LogP contribution in [0, 0.1) is 6.92 Å². The molecule has 0 aliphatic carbocycles. The highest BCUT2D eigenvalue weighted by Gasteiger charge is 2.08. The molecule has 1 aromatic heterocycles.